The molecule has 128 valence electrons. The van der Waals surface area contributed by atoms with Gasteiger partial charge >= 0.3 is 12.1 Å². The molecule has 0 fully saturated rings. The number of unbranched alkanes of at least 4 members (excludes halogenated alkanes) is 1. The zero-order valence-corrected chi connectivity index (χ0v) is 13.9. The molecule has 0 heterocycles. The second-order valence-corrected chi connectivity index (χ2v) is 6.13. The Bertz CT molecular complexity index is 377. The molecule has 0 radical (unpaired) electrons. The van der Waals surface area contributed by atoms with Gasteiger partial charge in [-0.1, -0.05) is 6.92 Å². The Balaban J connectivity index is 3.93. The van der Waals surface area contributed by atoms with Gasteiger partial charge < -0.3 is 20.5 Å². The number of carboxylic acid groups (broad SMARTS) is 1. The Morgan fingerprint density at radius 3 is 2.32 bits per heavy atom. The minimum atomic E-state index is -1.04. The highest BCUT2D eigenvalue weighted by molar-refractivity contribution is 5.83. The lowest BCUT2D eigenvalue weighted by atomic mass is 10.1. The van der Waals surface area contributed by atoms with Gasteiger partial charge in [0.1, 0.15) is 11.6 Å². The van der Waals surface area contributed by atoms with Crippen LogP contribution in [0.25, 0.3) is 0 Å². The zero-order valence-electron chi connectivity index (χ0n) is 13.9. The van der Waals surface area contributed by atoms with Crippen LogP contribution in [0.4, 0.5) is 4.79 Å². The van der Waals surface area contributed by atoms with E-state index in [-0.39, 0.29) is 5.91 Å². The second kappa shape index (κ2) is 10.0. The van der Waals surface area contributed by atoms with Crippen molar-refractivity contribution in [3.63, 3.8) is 0 Å². The van der Waals surface area contributed by atoms with Gasteiger partial charge in [-0.05, 0) is 46.5 Å². The Kier molecular flexibility index (Phi) is 9.21. The first-order valence-electron chi connectivity index (χ1n) is 7.64. The van der Waals surface area contributed by atoms with Crippen molar-refractivity contribution in [2.45, 2.75) is 71.4 Å². The standard InChI is InChI=1S/C15H28N2O5/c1-5-8-12(18)17-11(13(19)20)9-6-7-10-16-14(21)22-15(2,3)4/h11H,5-10H2,1-4H3,(H,16,21)(H,17,18)(H,19,20)/t11-/m0/s1. The van der Waals surface area contributed by atoms with Crippen LogP contribution in [0, 0.1) is 0 Å². The first kappa shape index (κ1) is 20.2. The molecular weight excluding hydrogens is 288 g/mol. The van der Waals surface area contributed by atoms with E-state index in [4.69, 9.17) is 9.84 Å². The van der Waals surface area contributed by atoms with Crippen molar-refractivity contribution in [1.82, 2.24) is 10.6 Å². The number of carboxylic acids is 1. The molecule has 0 unspecified atom stereocenters. The number of ether oxygens (including phenoxy) is 1. The van der Waals surface area contributed by atoms with E-state index < -0.39 is 23.7 Å². The van der Waals surface area contributed by atoms with Crippen molar-refractivity contribution in [3.8, 4) is 0 Å². The molecule has 1 atom stereocenters. The van der Waals surface area contributed by atoms with E-state index in [1.807, 2.05) is 6.92 Å². The number of amides is 2. The quantitative estimate of drug-likeness (QED) is 0.565. The molecule has 0 saturated carbocycles. The molecular formula is C15H28N2O5. The highest BCUT2D eigenvalue weighted by atomic mass is 16.6. The van der Waals surface area contributed by atoms with Crippen molar-refractivity contribution >= 4 is 18.0 Å². The van der Waals surface area contributed by atoms with Gasteiger partial charge in [-0.25, -0.2) is 9.59 Å². The zero-order chi connectivity index (χ0) is 17.2. The van der Waals surface area contributed by atoms with Gasteiger partial charge in [0.05, 0.1) is 0 Å². The van der Waals surface area contributed by atoms with Gasteiger partial charge in [-0.15, -0.1) is 0 Å². The number of hydrogen-bond donors (Lipinski definition) is 3. The highest BCUT2D eigenvalue weighted by Gasteiger charge is 2.19. The molecule has 3 N–H and O–H groups in total. The third-order valence-corrected chi connectivity index (χ3v) is 2.70. The maximum Gasteiger partial charge on any atom is 0.407 e. The minimum absolute atomic E-state index is 0.248. The van der Waals surface area contributed by atoms with Crippen LogP contribution < -0.4 is 10.6 Å². The van der Waals surface area contributed by atoms with E-state index in [9.17, 15) is 14.4 Å². The molecule has 0 saturated heterocycles. The van der Waals surface area contributed by atoms with Gasteiger partial charge in [-0.3, -0.25) is 4.79 Å². The molecule has 0 aromatic carbocycles. The molecule has 2 amide bonds. The summed E-state index contributed by atoms with van der Waals surface area (Å²) in [4.78, 5) is 33.9. The smallest absolute Gasteiger partial charge is 0.407 e. The van der Waals surface area contributed by atoms with Gasteiger partial charge in [-0.2, -0.15) is 0 Å². The number of rotatable bonds is 9. The summed E-state index contributed by atoms with van der Waals surface area (Å²) in [5.41, 5.74) is -0.540. The van der Waals surface area contributed by atoms with Crippen molar-refractivity contribution in [1.29, 1.82) is 0 Å². The number of hydrogen-bond acceptors (Lipinski definition) is 4. The van der Waals surface area contributed by atoms with Crippen LogP contribution in [0.1, 0.15) is 59.8 Å². The van der Waals surface area contributed by atoms with Crippen molar-refractivity contribution in [2.75, 3.05) is 6.54 Å². The Morgan fingerprint density at radius 2 is 1.82 bits per heavy atom. The van der Waals surface area contributed by atoms with Crippen LogP contribution in [0.3, 0.4) is 0 Å². The molecule has 7 nitrogen and oxygen atoms in total. The summed E-state index contributed by atoms with van der Waals surface area (Å²) in [5, 5.41) is 14.2. The first-order valence-corrected chi connectivity index (χ1v) is 7.64. The fourth-order valence-corrected chi connectivity index (χ4v) is 1.73. The third-order valence-electron chi connectivity index (χ3n) is 2.70. The van der Waals surface area contributed by atoms with E-state index in [1.54, 1.807) is 20.8 Å². The van der Waals surface area contributed by atoms with Crippen LogP contribution in [0.2, 0.25) is 0 Å². The number of carbonyl (C=O) groups is 3. The molecule has 0 aliphatic carbocycles. The van der Waals surface area contributed by atoms with Crippen LogP contribution in [-0.4, -0.2) is 41.3 Å². The summed E-state index contributed by atoms with van der Waals surface area (Å²) < 4.78 is 5.08. The maximum absolute atomic E-state index is 11.4. The van der Waals surface area contributed by atoms with E-state index in [0.29, 0.717) is 38.6 Å². The fraction of sp³-hybridized carbons (Fsp3) is 0.800. The average molecular weight is 316 g/mol. The van der Waals surface area contributed by atoms with Crippen LogP contribution >= 0.6 is 0 Å². The average Bonchev–Trinajstić information content (AvgIpc) is 2.34. The Morgan fingerprint density at radius 1 is 1.18 bits per heavy atom. The molecule has 22 heavy (non-hydrogen) atoms. The monoisotopic (exact) mass is 316 g/mol. The largest absolute Gasteiger partial charge is 0.480 e. The SMILES string of the molecule is CCCC(=O)N[C@@H](CCCCNC(=O)OC(C)(C)C)C(=O)O. The predicted molar refractivity (Wildman–Crippen MR) is 82.6 cm³/mol. The summed E-state index contributed by atoms with van der Waals surface area (Å²) in [5.74, 6) is -1.29. The molecule has 0 aromatic heterocycles. The number of alkyl carbamates (subject to hydrolysis) is 1. The molecule has 0 aliphatic heterocycles. The topological polar surface area (TPSA) is 105 Å². The maximum atomic E-state index is 11.4. The summed E-state index contributed by atoms with van der Waals surface area (Å²) in [6.07, 6.45) is 2.05. The summed E-state index contributed by atoms with van der Waals surface area (Å²) >= 11 is 0. The van der Waals surface area contributed by atoms with Crippen LogP contribution in [0.5, 0.6) is 0 Å². The van der Waals surface area contributed by atoms with Crippen molar-refractivity contribution in [2.24, 2.45) is 0 Å². The number of nitrogens with one attached hydrogen (secondary N) is 2. The summed E-state index contributed by atoms with van der Waals surface area (Å²) in [6, 6.07) is -0.874. The normalized spacial score (nSPS) is 12.4. The van der Waals surface area contributed by atoms with Crippen molar-refractivity contribution < 1.29 is 24.2 Å². The van der Waals surface area contributed by atoms with Gasteiger partial charge in [0.2, 0.25) is 5.91 Å². The number of aliphatic carboxylic acids is 1. The molecule has 0 rings (SSSR count). The predicted octanol–water partition coefficient (Wildman–Crippen LogP) is 2.05. The van der Waals surface area contributed by atoms with E-state index in [2.05, 4.69) is 10.6 Å². The molecule has 0 spiro atoms. The summed E-state index contributed by atoms with van der Waals surface area (Å²) in [6.45, 7) is 7.61. The lowest BCUT2D eigenvalue weighted by molar-refractivity contribution is -0.142. The second-order valence-electron chi connectivity index (χ2n) is 6.13. The van der Waals surface area contributed by atoms with E-state index >= 15 is 0 Å². The molecule has 0 aliphatic rings. The van der Waals surface area contributed by atoms with Crippen molar-refractivity contribution in [3.05, 3.63) is 0 Å². The molecule has 0 bridgehead atoms. The minimum Gasteiger partial charge on any atom is -0.480 e. The lowest BCUT2D eigenvalue weighted by Gasteiger charge is -2.19. The molecule has 0 aromatic rings. The van der Waals surface area contributed by atoms with Gasteiger partial charge in [0.25, 0.3) is 0 Å². The molecule has 7 heteroatoms. The van der Waals surface area contributed by atoms with Crippen LogP contribution in [-0.2, 0) is 14.3 Å². The Labute approximate surface area is 131 Å². The lowest BCUT2D eigenvalue weighted by Crippen LogP contribution is -2.40. The summed E-state index contributed by atoms with van der Waals surface area (Å²) in [7, 11) is 0. The van der Waals surface area contributed by atoms with Gasteiger partial charge in [0, 0.05) is 13.0 Å². The van der Waals surface area contributed by atoms with E-state index in [0.717, 1.165) is 0 Å². The fourth-order valence-electron chi connectivity index (χ4n) is 1.73. The first-order chi connectivity index (χ1) is 10.2. The Hall–Kier alpha value is -1.79. The highest BCUT2D eigenvalue weighted by Crippen LogP contribution is 2.07. The van der Waals surface area contributed by atoms with E-state index in [1.165, 1.54) is 0 Å². The van der Waals surface area contributed by atoms with Crippen LogP contribution in [0.15, 0.2) is 0 Å². The number of carbonyl (C=O) groups excluding carboxylic acids is 2. The van der Waals surface area contributed by atoms with Gasteiger partial charge in [0.15, 0.2) is 0 Å². The third kappa shape index (κ3) is 10.9.